The molecule has 21 aromatic rings. The predicted octanol–water partition coefficient (Wildman–Crippen LogP) is 23.4. The number of para-hydroxylation sites is 6. The van der Waals surface area contributed by atoms with Gasteiger partial charge in [-0.05, 0) is 125 Å². The van der Waals surface area contributed by atoms with Gasteiger partial charge in [0.2, 0.25) is 11.9 Å². The van der Waals surface area contributed by atoms with Crippen molar-refractivity contribution < 1.29 is 0 Å². The summed E-state index contributed by atoms with van der Waals surface area (Å²) < 4.78 is 11.7. The minimum Gasteiger partial charge on any atom is -0.309 e. The summed E-state index contributed by atoms with van der Waals surface area (Å²) in [7, 11) is 0. The highest BCUT2D eigenvalue weighted by Gasteiger charge is 2.22. The van der Waals surface area contributed by atoms with E-state index in [1.165, 1.54) is 91.2 Å². The van der Waals surface area contributed by atoms with Crippen molar-refractivity contribution >= 4 is 119 Å². The maximum Gasteiger partial charge on any atom is 0.238 e. The maximum atomic E-state index is 5.22. The highest BCUT2D eigenvalue weighted by atomic mass is 32.1. The van der Waals surface area contributed by atoms with Crippen LogP contribution in [-0.4, -0.2) is 43.2 Å². The summed E-state index contributed by atoms with van der Waals surface area (Å²) in [5.74, 6) is 2.52. The fourth-order valence-electron chi connectivity index (χ4n) is 15.2. The van der Waals surface area contributed by atoms with Gasteiger partial charge in [-0.1, -0.05) is 237 Å². The Morgan fingerprint density at radius 2 is 0.624 bits per heavy atom. The van der Waals surface area contributed by atoms with Gasteiger partial charge in [-0.2, -0.15) is 9.97 Å². The normalized spacial score (nSPS) is 11.8. The molecule has 0 bridgehead atoms. The Hall–Kier alpha value is -13.4. The van der Waals surface area contributed by atoms with Gasteiger partial charge in [0.25, 0.3) is 0 Å². The average molecular weight is 1310 g/mol. The predicted molar refractivity (Wildman–Crippen MR) is 419 cm³/mol. The highest BCUT2D eigenvalue weighted by molar-refractivity contribution is 7.26. The summed E-state index contributed by atoms with van der Waals surface area (Å²) in [5.41, 5.74) is 19.9. The van der Waals surface area contributed by atoms with E-state index in [0.717, 1.165) is 72.2 Å². The van der Waals surface area contributed by atoms with Gasteiger partial charge in [0, 0.05) is 97.5 Å². The summed E-state index contributed by atoms with van der Waals surface area (Å²) in [6.07, 6.45) is 1.88. The maximum absolute atomic E-state index is 5.22. The molecule has 472 valence electrons. The highest BCUT2D eigenvalue weighted by Crippen LogP contribution is 2.44. The molecule has 7 aromatic heterocycles. The van der Waals surface area contributed by atoms with Gasteiger partial charge in [-0.3, -0.25) is 9.13 Å². The molecule has 7 heterocycles. The van der Waals surface area contributed by atoms with Crippen LogP contribution in [0, 0.1) is 0 Å². The van der Waals surface area contributed by atoms with Crippen molar-refractivity contribution in [3.63, 3.8) is 0 Å². The molecule has 0 spiro atoms. The van der Waals surface area contributed by atoms with E-state index < -0.39 is 0 Å². The Balaban J connectivity index is 0.000000136. The molecule has 0 saturated carbocycles. The molecule has 0 atom stereocenters. The number of nitrogens with zero attached hydrogens (tertiary/aromatic N) is 9. The van der Waals surface area contributed by atoms with E-state index in [1.54, 1.807) is 0 Å². The van der Waals surface area contributed by atoms with E-state index in [-0.39, 0.29) is 0 Å². The third-order valence-corrected chi connectivity index (χ3v) is 21.0. The molecule has 0 aliphatic rings. The van der Waals surface area contributed by atoms with Crippen molar-refractivity contribution in [3.05, 3.63) is 346 Å². The lowest BCUT2D eigenvalue weighted by molar-refractivity contribution is 0.953. The third-order valence-electron chi connectivity index (χ3n) is 19.8. The van der Waals surface area contributed by atoms with Crippen LogP contribution in [0.1, 0.15) is 0 Å². The first-order chi connectivity index (χ1) is 50.1. The largest absolute Gasteiger partial charge is 0.309 e. The number of hydrogen-bond donors (Lipinski definition) is 0. The van der Waals surface area contributed by atoms with Crippen molar-refractivity contribution in [2.75, 3.05) is 0 Å². The molecule has 10 heteroatoms. The Labute approximate surface area is 583 Å². The van der Waals surface area contributed by atoms with E-state index in [1.807, 2.05) is 84.3 Å². The van der Waals surface area contributed by atoms with E-state index in [4.69, 9.17) is 24.9 Å². The van der Waals surface area contributed by atoms with Gasteiger partial charge in [0.15, 0.2) is 11.6 Å². The Kier molecular flexibility index (Phi) is 13.6. The molecule has 9 nitrogen and oxygen atoms in total. The van der Waals surface area contributed by atoms with Gasteiger partial charge >= 0.3 is 0 Å². The van der Waals surface area contributed by atoms with Crippen LogP contribution >= 0.6 is 11.3 Å². The van der Waals surface area contributed by atoms with Crippen molar-refractivity contribution in [2.24, 2.45) is 0 Å². The number of thiophene rings is 1. The zero-order valence-electron chi connectivity index (χ0n) is 54.3. The Morgan fingerprint density at radius 1 is 0.228 bits per heavy atom. The van der Waals surface area contributed by atoms with Gasteiger partial charge in [-0.25, -0.2) is 15.0 Å². The van der Waals surface area contributed by atoms with Gasteiger partial charge in [0.1, 0.15) is 0 Å². The SMILES string of the molecule is c1cc(-c2ccnc(-n3c4ccccc4c4cc(-c5cccc6c5sc5ccccc56)ccc43)n2)cc(-n2c3ccccc3c3ccccc32)c1.c1ccc(-c2nc(-c3ccccc3)nc(-n3c4ccccc4c4cc(-c5ccc6c(c5)c5ccccc5n6-c5ccccc5)ccc43)n2)cc1. The molecule has 0 aliphatic carbocycles. The van der Waals surface area contributed by atoms with Crippen molar-refractivity contribution in [2.45, 2.75) is 0 Å². The quantitative estimate of drug-likeness (QED) is 0.144. The molecule has 0 N–H and O–H groups in total. The zero-order chi connectivity index (χ0) is 66.5. The number of benzene rings is 14. The van der Waals surface area contributed by atoms with Crippen LogP contribution in [0.2, 0.25) is 0 Å². The summed E-state index contributed by atoms with van der Waals surface area (Å²) in [6.45, 7) is 0. The molecule has 0 saturated heterocycles. The number of hydrogen-bond acceptors (Lipinski definition) is 6. The van der Waals surface area contributed by atoms with Crippen LogP contribution in [-0.2, 0) is 0 Å². The van der Waals surface area contributed by atoms with Crippen LogP contribution < -0.4 is 0 Å². The van der Waals surface area contributed by atoms with Crippen molar-refractivity contribution in [3.8, 4) is 79.6 Å². The fraction of sp³-hybridized carbons (Fsp3) is 0. The van der Waals surface area contributed by atoms with E-state index in [2.05, 4.69) is 291 Å². The van der Waals surface area contributed by atoms with Crippen LogP contribution in [0.3, 0.4) is 0 Å². The summed E-state index contributed by atoms with van der Waals surface area (Å²) in [5, 5.41) is 12.2. The number of aromatic nitrogens is 9. The second kappa shape index (κ2) is 23.7. The molecule has 0 fully saturated rings. The molecule has 21 rings (SSSR count). The van der Waals surface area contributed by atoms with Gasteiger partial charge in [-0.15, -0.1) is 11.3 Å². The average Bonchev–Trinajstić information content (AvgIpc) is 1.59. The summed E-state index contributed by atoms with van der Waals surface area (Å²) >= 11 is 1.87. The van der Waals surface area contributed by atoms with E-state index in [0.29, 0.717) is 23.5 Å². The first-order valence-electron chi connectivity index (χ1n) is 34.0. The molecular weight excluding hydrogens is 1250 g/mol. The standard InChI is InChI=1S/C46H28N4S.C45H29N5/c1-5-19-40-33(13-1)34-14-2-6-20-41(34)49(40)31-12-9-11-30(27-31)39-25-26-47-46(48-39)50-42-21-7-3-15-35(42)38-28-29(23-24-43(38)50)32-17-10-18-37-36-16-4-8-22-44(36)51-45(32)37;1-4-14-30(15-5-1)43-46-44(31-16-6-2-7-17-31)48-45(47-43)50-40-23-13-11-21-36(40)38-29-33(25-27-42(38)50)32-24-26-41-37(28-32)35-20-10-12-22-39(35)49(41)34-18-8-3-9-19-34/h1-28H;1-29H. The molecule has 0 unspecified atom stereocenters. The van der Waals surface area contributed by atoms with Crippen molar-refractivity contribution in [1.82, 2.24) is 43.2 Å². The second-order valence-electron chi connectivity index (χ2n) is 25.5. The summed E-state index contributed by atoms with van der Waals surface area (Å²) in [4.78, 5) is 25.2. The Morgan fingerprint density at radius 3 is 1.19 bits per heavy atom. The van der Waals surface area contributed by atoms with Crippen LogP contribution in [0.5, 0.6) is 0 Å². The first-order valence-corrected chi connectivity index (χ1v) is 34.8. The van der Waals surface area contributed by atoms with E-state index >= 15 is 0 Å². The van der Waals surface area contributed by atoms with Crippen LogP contribution in [0.15, 0.2) is 346 Å². The first kappa shape index (κ1) is 57.8. The minimum atomic E-state index is 0.590. The lowest BCUT2D eigenvalue weighted by Crippen LogP contribution is -2.06. The zero-order valence-corrected chi connectivity index (χ0v) is 55.2. The minimum absolute atomic E-state index is 0.590. The third kappa shape index (κ3) is 9.63. The van der Waals surface area contributed by atoms with Gasteiger partial charge in [0.05, 0.1) is 49.8 Å². The monoisotopic (exact) mass is 1310 g/mol. The topological polar surface area (TPSA) is 84.2 Å². The smallest absolute Gasteiger partial charge is 0.238 e. The lowest BCUT2D eigenvalue weighted by atomic mass is 10.0. The van der Waals surface area contributed by atoms with Crippen molar-refractivity contribution in [1.29, 1.82) is 0 Å². The Bertz CT molecular complexity index is 6730. The van der Waals surface area contributed by atoms with Crippen LogP contribution in [0.4, 0.5) is 0 Å². The summed E-state index contributed by atoms with van der Waals surface area (Å²) in [6, 6.07) is 120. The van der Waals surface area contributed by atoms with E-state index in [9.17, 15) is 0 Å². The number of fused-ring (bicyclic) bond motifs is 15. The molecule has 0 radical (unpaired) electrons. The molecule has 14 aromatic carbocycles. The van der Waals surface area contributed by atoms with Gasteiger partial charge < -0.3 is 9.13 Å². The van der Waals surface area contributed by atoms with Crippen LogP contribution in [0.25, 0.3) is 187 Å². The molecular formula is C91H57N9S. The molecule has 0 amide bonds. The lowest BCUT2D eigenvalue weighted by Gasteiger charge is -2.11. The number of rotatable bonds is 9. The second-order valence-corrected chi connectivity index (χ2v) is 26.6. The fourth-order valence-corrected chi connectivity index (χ4v) is 16.5. The molecule has 0 aliphatic heterocycles. The molecule has 101 heavy (non-hydrogen) atoms.